The summed E-state index contributed by atoms with van der Waals surface area (Å²) in [7, 11) is 0. The predicted molar refractivity (Wildman–Crippen MR) is 141 cm³/mol. The number of aromatic nitrogens is 2. The Morgan fingerprint density at radius 2 is 1.75 bits per heavy atom. The molecule has 0 saturated carbocycles. The number of carbonyl (C=O) groups excluding carboxylic acids is 2. The monoisotopic (exact) mass is 502 g/mol. The average molecular weight is 503 g/mol. The topological polar surface area (TPSA) is 93.4 Å². The molecule has 0 saturated heterocycles. The molecule has 8 nitrogen and oxygen atoms in total. The molecule has 0 spiro atoms. The van der Waals surface area contributed by atoms with Crippen molar-refractivity contribution in [2.24, 2.45) is 0 Å². The highest BCUT2D eigenvalue weighted by Crippen LogP contribution is 2.33. The SMILES string of the molecule is CCc1ccc(NC(=O)Cn2c(=O)n(-c3ccccc3)c(=O)c3c4c(sc32)CN(C(C)=O)CC4)cc1. The minimum Gasteiger partial charge on any atom is -0.337 e. The van der Waals surface area contributed by atoms with Crippen LogP contribution in [-0.2, 0) is 35.5 Å². The zero-order valence-corrected chi connectivity index (χ0v) is 20.9. The maximum Gasteiger partial charge on any atom is 0.337 e. The van der Waals surface area contributed by atoms with Crippen LogP contribution in [0.5, 0.6) is 0 Å². The first-order valence-corrected chi connectivity index (χ1v) is 12.7. The Labute approximate surface area is 211 Å². The molecule has 5 rings (SSSR count). The summed E-state index contributed by atoms with van der Waals surface area (Å²) in [5.74, 6) is -0.400. The van der Waals surface area contributed by atoms with Gasteiger partial charge in [-0.05, 0) is 48.2 Å². The van der Waals surface area contributed by atoms with Crippen molar-refractivity contribution in [1.29, 1.82) is 0 Å². The van der Waals surface area contributed by atoms with Gasteiger partial charge in [0, 0.05) is 24.0 Å². The maximum absolute atomic E-state index is 13.7. The zero-order chi connectivity index (χ0) is 25.4. The molecule has 0 radical (unpaired) electrons. The molecule has 0 bridgehead atoms. The standard InChI is InChI=1S/C27H26N4O4S/c1-3-18-9-11-19(12-10-18)28-23(33)16-30-26-24(21-13-14-29(17(2)32)15-22(21)36-26)25(34)31(27(30)35)20-7-5-4-6-8-20/h4-12H,3,13-16H2,1-2H3,(H,28,33). The molecule has 0 atom stereocenters. The molecule has 2 aromatic heterocycles. The molecule has 4 aromatic rings. The van der Waals surface area contributed by atoms with Gasteiger partial charge in [0.05, 0.1) is 17.6 Å². The van der Waals surface area contributed by atoms with E-state index in [1.807, 2.05) is 30.3 Å². The summed E-state index contributed by atoms with van der Waals surface area (Å²) in [6, 6.07) is 16.3. The van der Waals surface area contributed by atoms with Gasteiger partial charge >= 0.3 is 5.69 Å². The number of hydrogen-bond donors (Lipinski definition) is 1. The molecular weight excluding hydrogens is 476 g/mol. The van der Waals surface area contributed by atoms with Gasteiger partial charge in [0.25, 0.3) is 5.56 Å². The fourth-order valence-electron chi connectivity index (χ4n) is 4.59. The van der Waals surface area contributed by atoms with Crippen molar-refractivity contribution in [2.45, 2.75) is 39.8 Å². The number of carbonyl (C=O) groups is 2. The number of rotatable bonds is 5. The Morgan fingerprint density at radius 1 is 1.03 bits per heavy atom. The van der Waals surface area contributed by atoms with Crippen LogP contribution in [0.4, 0.5) is 5.69 Å². The molecule has 1 aliphatic heterocycles. The van der Waals surface area contributed by atoms with Gasteiger partial charge in [-0.1, -0.05) is 37.3 Å². The number of anilines is 1. The fourth-order valence-corrected chi connectivity index (χ4v) is 5.93. The molecule has 0 fully saturated rings. The van der Waals surface area contributed by atoms with Crippen LogP contribution in [0.1, 0.15) is 29.9 Å². The molecule has 1 aliphatic rings. The number of thiophene rings is 1. The molecule has 2 amide bonds. The average Bonchev–Trinajstić information content (AvgIpc) is 3.27. The van der Waals surface area contributed by atoms with Crippen molar-refractivity contribution >= 4 is 39.1 Å². The second-order valence-electron chi connectivity index (χ2n) is 8.82. The summed E-state index contributed by atoms with van der Waals surface area (Å²) in [6.45, 7) is 4.23. The van der Waals surface area contributed by atoms with Gasteiger partial charge in [0.1, 0.15) is 11.4 Å². The van der Waals surface area contributed by atoms with Crippen LogP contribution in [0.2, 0.25) is 0 Å². The van der Waals surface area contributed by atoms with Crippen LogP contribution in [0.3, 0.4) is 0 Å². The minimum absolute atomic E-state index is 0.0364. The Hall–Kier alpha value is -3.98. The summed E-state index contributed by atoms with van der Waals surface area (Å²) < 4.78 is 2.51. The van der Waals surface area contributed by atoms with Crippen molar-refractivity contribution in [1.82, 2.24) is 14.0 Å². The third-order valence-electron chi connectivity index (χ3n) is 6.53. The first kappa shape index (κ1) is 23.7. The smallest absolute Gasteiger partial charge is 0.337 e. The molecule has 2 aromatic carbocycles. The molecule has 0 unspecified atom stereocenters. The van der Waals surface area contributed by atoms with Crippen LogP contribution in [0, 0.1) is 0 Å². The van der Waals surface area contributed by atoms with E-state index in [4.69, 9.17) is 0 Å². The molecule has 9 heteroatoms. The quantitative estimate of drug-likeness (QED) is 0.453. The number of aryl methyl sites for hydroxylation is 1. The lowest BCUT2D eigenvalue weighted by Gasteiger charge is -2.25. The maximum atomic E-state index is 13.7. The highest BCUT2D eigenvalue weighted by atomic mass is 32.1. The summed E-state index contributed by atoms with van der Waals surface area (Å²) in [5, 5.41) is 3.30. The first-order valence-electron chi connectivity index (χ1n) is 11.9. The number of fused-ring (bicyclic) bond motifs is 3. The number of benzene rings is 2. The molecule has 1 N–H and O–H groups in total. The van der Waals surface area contributed by atoms with E-state index in [0.717, 1.165) is 27.0 Å². The third-order valence-corrected chi connectivity index (χ3v) is 7.77. The Kier molecular flexibility index (Phi) is 6.32. The Balaban J connectivity index is 1.63. The van der Waals surface area contributed by atoms with Crippen LogP contribution in [-0.4, -0.2) is 32.4 Å². The lowest BCUT2D eigenvalue weighted by Crippen LogP contribution is -2.40. The van der Waals surface area contributed by atoms with Gasteiger partial charge in [-0.2, -0.15) is 0 Å². The molecule has 0 aliphatic carbocycles. The minimum atomic E-state index is -0.572. The van der Waals surface area contributed by atoms with Crippen molar-refractivity contribution in [2.75, 3.05) is 11.9 Å². The highest BCUT2D eigenvalue weighted by molar-refractivity contribution is 7.18. The van der Waals surface area contributed by atoms with Gasteiger partial charge in [0.2, 0.25) is 11.8 Å². The second-order valence-corrected chi connectivity index (χ2v) is 9.90. The summed E-state index contributed by atoms with van der Waals surface area (Å²) in [4.78, 5) is 55.4. The van der Waals surface area contributed by atoms with Crippen molar-refractivity contribution < 1.29 is 9.59 Å². The second kappa shape index (κ2) is 9.58. The van der Waals surface area contributed by atoms with E-state index in [-0.39, 0.29) is 18.4 Å². The fraction of sp³-hybridized carbons (Fsp3) is 0.259. The number of hydrogen-bond acceptors (Lipinski definition) is 5. The zero-order valence-electron chi connectivity index (χ0n) is 20.1. The van der Waals surface area contributed by atoms with Crippen LogP contribution in [0.25, 0.3) is 15.9 Å². The first-order chi connectivity index (χ1) is 17.4. The lowest BCUT2D eigenvalue weighted by atomic mass is 10.1. The van der Waals surface area contributed by atoms with Gasteiger partial charge < -0.3 is 10.2 Å². The third kappa shape index (κ3) is 4.26. The van der Waals surface area contributed by atoms with Crippen LogP contribution < -0.4 is 16.6 Å². The number of nitrogens with one attached hydrogen (secondary N) is 1. The summed E-state index contributed by atoms with van der Waals surface area (Å²) in [6.07, 6.45) is 1.42. The number of nitrogens with zero attached hydrogens (tertiary/aromatic N) is 3. The summed E-state index contributed by atoms with van der Waals surface area (Å²) in [5.41, 5.74) is 2.12. The van der Waals surface area contributed by atoms with Crippen LogP contribution >= 0.6 is 11.3 Å². The molecule has 184 valence electrons. The largest absolute Gasteiger partial charge is 0.337 e. The van der Waals surface area contributed by atoms with E-state index in [2.05, 4.69) is 12.2 Å². The van der Waals surface area contributed by atoms with E-state index in [9.17, 15) is 19.2 Å². The predicted octanol–water partition coefficient (Wildman–Crippen LogP) is 3.32. The van der Waals surface area contributed by atoms with E-state index in [0.29, 0.717) is 41.1 Å². The summed E-state index contributed by atoms with van der Waals surface area (Å²) >= 11 is 1.31. The van der Waals surface area contributed by atoms with E-state index in [1.165, 1.54) is 22.8 Å². The Morgan fingerprint density at radius 3 is 2.42 bits per heavy atom. The van der Waals surface area contributed by atoms with E-state index in [1.54, 1.807) is 29.2 Å². The van der Waals surface area contributed by atoms with Crippen molar-refractivity contribution in [3.05, 3.63) is 91.4 Å². The molecular formula is C27H26N4O4S. The normalized spacial score (nSPS) is 13.0. The lowest BCUT2D eigenvalue weighted by molar-refractivity contribution is -0.129. The van der Waals surface area contributed by atoms with Gasteiger partial charge in [-0.15, -0.1) is 11.3 Å². The van der Waals surface area contributed by atoms with E-state index >= 15 is 0 Å². The number of amides is 2. The van der Waals surface area contributed by atoms with Gasteiger partial charge in [-0.3, -0.25) is 19.0 Å². The van der Waals surface area contributed by atoms with E-state index < -0.39 is 11.2 Å². The van der Waals surface area contributed by atoms with Crippen molar-refractivity contribution in [3.8, 4) is 5.69 Å². The van der Waals surface area contributed by atoms with Crippen molar-refractivity contribution in [3.63, 3.8) is 0 Å². The van der Waals surface area contributed by atoms with Gasteiger partial charge in [0.15, 0.2) is 0 Å². The van der Waals surface area contributed by atoms with Gasteiger partial charge in [-0.25, -0.2) is 9.36 Å². The molecule has 3 heterocycles. The van der Waals surface area contributed by atoms with Crippen LogP contribution in [0.15, 0.2) is 64.2 Å². The highest BCUT2D eigenvalue weighted by Gasteiger charge is 2.28. The number of para-hydroxylation sites is 1. The Bertz CT molecular complexity index is 1580. The molecule has 36 heavy (non-hydrogen) atoms.